The van der Waals surface area contributed by atoms with Gasteiger partial charge in [-0.1, -0.05) is 12.1 Å². The zero-order chi connectivity index (χ0) is 34.6. The summed E-state index contributed by atoms with van der Waals surface area (Å²) in [7, 11) is 23.3. The van der Waals surface area contributed by atoms with Crippen LogP contribution in [0.25, 0.3) is 0 Å². The van der Waals surface area contributed by atoms with Crippen LogP contribution in [-0.2, 0) is 52.5 Å². The van der Waals surface area contributed by atoms with E-state index < -0.39 is 41.7 Å². The number of rotatable bonds is 4. The van der Waals surface area contributed by atoms with E-state index in [2.05, 4.69) is 36.0 Å². The minimum atomic E-state index is -0.826. The third-order valence-electron chi connectivity index (χ3n) is 12.3. The van der Waals surface area contributed by atoms with E-state index in [4.69, 9.17) is 34.1 Å². The first-order valence-corrected chi connectivity index (χ1v) is 30.1. The molecule has 10 rings (SSSR count). The monoisotopic (exact) mass is 886 g/mol. The van der Waals surface area contributed by atoms with Crippen molar-refractivity contribution in [2.24, 2.45) is 45.5 Å². The summed E-state index contributed by atoms with van der Waals surface area (Å²) in [4.78, 5) is 8.22. The van der Waals surface area contributed by atoms with E-state index in [1.807, 2.05) is 12.1 Å². The average Bonchev–Trinajstić information content (AvgIpc) is 3.00. The zero-order valence-corrected chi connectivity index (χ0v) is 36.7. The molecule has 0 aromatic heterocycles. The number of aromatic hydroxyl groups is 2. The van der Waals surface area contributed by atoms with Crippen LogP contribution in [-0.4, -0.2) is 36.7 Å². The van der Waals surface area contributed by atoms with Crippen LogP contribution in [0.3, 0.4) is 0 Å². The molecule has 2 aromatic carbocycles. The zero-order valence-electron chi connectivity index (χ0n) is 28.7. The molecule has 0 aliphatic heterocycles. The van der Waals surface area contributed by atoms with Crippen molar-refractivity contribution in [3.63, 3.8) is 0 Å². The summed E-state index contributed by atoms with van der Waals surface area (Å²) in [5, 5.41) is 21.6. The molecule has 4 nitrogen and oxygen atoms in total. The molecule has 8 aliphatic rings. The van der Waals surface area contributed by atoms with E-state index in [0.717, 1.165) is 46.6 Å². The van der Waals surface area contributed by atoms with Crippen molar-refractivity contribution in [3.8, 4) is 11.5 Å². The summed E-state index contributed by atoms with van der Waals surface area (Å²) < 4.78 is 0. The molecule has 8 fully saturated rings. The van der Waals surface area contributed by atoms with Crippen LogP contribution in [0.2, 0.25) is 0 Å². The number of aryl methyl sites for hydroxylation is 2. The fourth-order valence-electron chi connectivity index (χ4n) is 11.8. The number of benzene rings is 2. The fraction of sp³-hybridized carbons (Fsp3) is 0.632. The first kappa shape index (κ1) is 39.5. The van der Waals surface area contributed by atoms with Gasteiger partial charge in [0.05, 0.1) is 0 Å². The Kier molecular flexibility index (Phi) is 14.3. The number of hydrogen-bond acceptors (Lipinski definition) is 4. The molecule has 2 N–H and O–H groups in total. The Morgan fingerprint density at radius 2 is 0.812 bits per heavy atom. The van der Waals surface area contributed by atoms with Gasteiger partial charge in [-0.15, -0.1) is 0 Å². The molecule has 0 atom stereocenters. The van der Waals surface area contributed by atoms with E-state index in [0.29, 0.717) is 11.5 Å². The molecule has 8 bridgehead atoms. The van der Waals surface area contributed by atoms with Crippen LogP contribution in [0.15, 0.2) is 34.3 Å². The molecule has 8 aliphatic carbocycles. The van der Waals surface area contributed by atoms with Gasteiger partial charge in [-0.25, -0.2) is 0 Å². The summed E-state index contributed by atoms with van der Waals surface area (Å²) >= 11 is -1.65. The number of nitrogens with zero attached hydrogens (tertiary/aromatic N) is 2. The summed E-state index contributed by atoms with van der Waals surface area (Å²) in [6.45, 7) is 4.27. The summed E-state index contributed by atoms with van der Waals surface area (Å²) in [5.41, 5.74) is 7.21. The van der Waals surface area contributed by atoms with Crippen LogP contribution >= 0.6 is 34.1 Å². The number of phenolic OH excluding ortho intramolecular Hbond substituents is 2. The Hall–Kier alpha value is 0.306. The van der Waals surface area contributed by atoms with E-state index in [1.54, 1.807) is 26.5 Å². The van der Waals surface area contributed by atoms with Gasteiger partial charge in [0.25, 0.3) is 0 Å². The first-order valence-electron chi connectivity index (χ1n) is 17.5. The van der Waals surface area contributed by atoms with Gasteiger partial charge in [0.1, 0.15) is 11.5 Å². The maximum atomic E-state index is 10.8. The molecule has 48 heavy (non-hydrogen) atoms. The Bertz CT molecular complexity index is 1300. The summed E-state index contributed by atoms with van der Waals surface area (Å²) in [5.74, 6) is 6.40. The van der Waals surface area contributed by atoms with E-state index in [-0.39, 0.29) is 10.8 Å². The van der Waals surface area contributed by atoms with Gasteiger partial charge in [-0.05, 0) is 160 Å². The summed E-state index contributed by atoms with van der Waals surface area (Å²) in [6.07, 6.45) is 20.0. The van der Waals surface area contributed by atoms with Crippen LogP contribution in [0, 0.1) is 49.4 Å². The van der Waals surface area contributed by atoms with Crippen molar-refractivity contribution >= 4 is 46.5 Å². The van der Waals surface area contributed by atoms with Crippen LogP contribution < -0.4 is 0 Å². The van der Waals surface area contributed by atoms with Crippen molar-refractivity contribution in [1.82, 2.24) is 0 Å². The van der Waals surface area contributed by atoms with Crippen LogP contribution in [0.1, 0.15) is 110 Å². The Morgan fingerprint density at radius 1 is 0.562 bits per heavy atom. The quantitative estimate of drug-likeness (QED) is 0.300. The van der Waals surface area contributed by atoms with Crippen molar-refractivity contribution < 1.29 is 51.9 Å². The van der Waals surface area contributed by atoms with Crippen LogP contribution in [0.5, 0.6) is 11.5 Å². The van der Waals surface area contributed by atoms with Gasteiger partial charge < -0.3 is 10.2 Å². The average molecular weight is 891 g/mol. The number of hydrogen-bond donors (Lipinski definition) is 2. The number of phenols is 2. The molecule has 0 heterocycles. The van der Waals surface area contributed by atoms with Crippen molar-refractivity contribution in [2.45, 2.75) is 102 Å². The Labute approximate surface area is 325 Å². The van der Waals surface area contributed by atoms with E-state index >= 15 is 0 Å². The van der Waals surface area contributed by atoms with Gasteiger partial charge in [-0.3, -0.25) is 9.98 Å². The number of halogens is 4. The molecule has 0 spiro atoms. The van der Waals surface area contributed by atoms with Crippen molar-refractivity contribution in [3.05, 3.63) is 57.6 Å². The molecule has 260 valence electrons. The second-order valence-electron chi connectivity index (χ2n) is 15.8. The molecule has 0 radical (unpaired) electrons. The first-order chi connectivity index (χ1) is 23.0. The van der Waals surface area contributed by atoms with Gasteiger partial charge in [0, 0.05) is 48.8 Å². The molecule has 2 aromatic rings. The molecule has 0 amide bonds. The predicted molar refractivity (Wildman–Crippen MR) is 196 cm³/mol. The fourth-order valence-corrected chi connectivity index (χ4v) is 11.8. The van der Waals surface area contributed by atoms with E-state index in [9.17, 15) is 10.2 Å². The molecule has 0 saturated heterocycles. The maximum absolute atomic E-state index is 10.8. The van der Waals surface area contributed by atoms with Gasteiger partial charge >= 0.3 is 75.7 Å². The Morgan fingerprint density at radius 3 is 1.04 bits per heavy atom. The second kappa shape index (κ2) is 17.4. The normalized spacial score (nSPS) is 33.4. The third kappa shape index (κ3) is 8.74. The minimum absolute atomic E-state index is 0.251. The SMILES string of the molecule is CN=Cc1cc(C)cc(C23CC4CC(CC(C4)C2)C3)c1O.CN=Cc1cc(C)cc(C23CC4CC(CC(C4)C2)C3)c1O.[Cl][Zr][Cl].[Cl][Zr][Cl]. The van der Waals surface area contributed by atoms with Gasteiger partial charge in [0.15, 0.2) is 0 Å². The molecular weight excluding hydrogens is 841 g/mol. The van der Waals surface area contributed by atoms with Gasteiger partial charge in [0.2, 0.25) is 0 Å². The van der Waals surface area contributed by atoms with Crippen molar-refractivity contribution in [2.75, 3.05) is 14.1 Å². The standard InChI is InChI=1S/2C19H25NO.4ClH.2Zr/c2*1-12-3-16(11-20-2)18(21)17(4-12)19-8-13-5-14(9-19)7-15(6-13)10-19;;;;;;/h2*3-4,11,13-15,21H,5-10H2,1-2H3;4*1H;;/q;;;;;;2*+2/p-4. The molecule has 0 unspecified atom stereocenters. The number of aliphatic imine (C=N–C) groups is 2. The van der Waals surface area contributed by atoms with E-state index in [1.165, 1.54) is 99.3 Å². The van der Waals surface area contributed by atoms with Crippen molar-refractivity contribution in [1.29, 1.82) is 0 Å². The van der Waals surface area contributed by atoms with Gasteiger partial charge in [-0.2, -0.15) is 0 Å². The molecule has 10 heteroatoms. The Balaban J connectivity index is 0.000000162. The molecular formula is C38H50Cl4N2O2Zr2. The second-order valence-corrected chi connectivity index (χ2v) is 23.3. The summed E-state index contributed by atoms with van der Waals surface area (Å²) in [6, 6.07) is 8.59. The third-order valence-corrected chi connectivity index (χ3v) is 12.3. The topological polar surface area (TPSA) is 65.2 Å². The van der Waals surface area contributed by atoms with Crippen LogP contribution in [0.4, 0.5) is 0 Å². The molecule has 8 saturated carbocycles. The predicted octanol–water partition coefficient (Wildman–Crippen LogP) is 11.2.